The van der Waals surface area contributed by atoms with Crippen LogP contribution in [0.4, 0.5) is 16.3 Å². The Bertz CT molecular complexity index is 1030. The molecular formula is C22H27N5O3. The highest BCUT2D eigenvalue weighted by Crippen LogP contribution is 2.38. The van der Waals surface area contributed by atoms with Crippen LogP contribution in [0, 0.1) is 6.92 Å². The predicted octanol–water partition coefficient (Wildman–Crippen LogP) is 3.60. The van der Waals surface area contributed by atoms with E-state index in [9.17, 15) is 14.4 Å². The monoisotopic (exact) mass is 409 g/mol. The summed E-state index contributed by atoms with van der Waals surface area (Å²) in [5, 5.41) is 2.77. The van der Waals surface area contributed by atoms with E-state index in [0.717, 1.165) is 37.7 Å². The summed E-state index contributed by atoms with van der Waals surface area (Å²) < 4.78 is 0. The fourth-order valence-electron chi connectivity index (χ4n) is 4.22. The van der Waals surface area contributed by atoms with E-state index in [1.165, 1.54) is 0 Å². The van der Waals surface area contributed by atoms with Gasteiger partial charge in [-0.1, -0.05) is 25.5 Å². The van der Waals surface area contributed by atoms with E-state index in [-0.39, 0.29) is 23.5 Å². The second-order valence-corrected chi connectivity index (χ2v) is 7.97. The minimum atomic E-state index is -0.505. The van der Waals surface area contributed by atoms with E-state index in [4.69, 9.17) is 0 Å². The maximum Gasteiger partial charge on any atom is 0.326 e. The van der Waals surface area contributed by atoms with Gasteiger partial charge in [-0.25, -0.2) is 9.78 Å². The first-order valence-electron chi connectivity index (χ1n) is 10.6. The van der Waals surface area contributed by atoms with Gasteiger partial charge < -0.3 is 15.2 Å². The quantitative estimate of drug-likeness (QED) is 0.788. The molecule has 2 aliphatic heterocycles. The molecule has 1 aromatic carbocycles. The van der Waals surface area contributed by atoms with Gasteiger partial charge in [0.15, 0.2) is 0 Å². The van der Waals surface area contributed by atoms with Crippen molar-refractivity contribution < 1.29 is 9.59 Å². The van der Waals surface area contributed by atoms with Crippen LogP contribution in [-0.4, -0.2) is 39.9 Å². The molecule has 0 spiro atoms. The number of rotatable bonds is 5. The van der Waals surface area contributed by atoms with Gasteiger partial charge in [-0.3, -0.25) is 14.5 Å². The Balaban J connectivity index is 1.73. The van der Waals surface area contributed by atoms with Crippen molar-refractivity contribution >= 4 is 23.4 Å². The lowest BCUT2D eigenvalue weighted by molar-refractivity contribution is 0.101. The van der Waals surface area contributed by atoms with Crippen molar-refractivity contribution in [1.29, 1.82) is 0 Å². The molecule has 0 radical (unpaired) electrons. The summed E-state index contributed by atoms with van der Waals surface area (Å²) in [4.78, 5) is 49.5. The van der Waals surface area contributed by atoms with Crippen molar-refractivity contribution in [1.82, 2.24) is 14.9 Å². The number of fused-ring (bicyclic) bond motifs is 3. The first-order chi connectivity index (χ1) is 14.5. The van der Waals surface area contributed by atoms with Crippen LogP contribution in [0.5, 0.6) is 0 Å². The molecule has 1 aromatic heterocycles. The van der Waals surface area contributed by atoms with Crippen LogP contribution in [0.3, 0.4) is 0 Å². The molecule has 0 aliphatic carbocycles. The highest BCUT2D eigenvalue weighted by molar-refractivity contribution is 6.02. The van der Waals surface area contributed by atoms with E-state index in [1.54, 1.807) is 15.9 Å². The summed E-state index contributed by atoms with van der Waals surface area (Å²) in [6.45, 7) is 5.09. The Labute approximate surface area is 175 Å². The Morgan fingerprint density at radius 1 is 1.30 bits per heavy atom. The average molecular weight is 409 g/mol. The number of urea groups is 1. The standard InChI is InChI=1S/C22H27N5O3/c1-3-4-11-27-19-17(16-10-5-6-12-26(16)22(27)30)20(28)25-18(24-19)21(29)23-15-9-7-8-14(2)13-15/h7-9,13,16H,3-6,10-12H2,1-2H3,(H,23,29)(H,24,25,28). The van der Waals surface area contributed by atoms with Gasteiger partial charge in [-0.05, 0) is 50.3 Å². The predicted molar refractivity (Wildman–Crippen MR) is 115 cm³/mol. The number of hydrogen-bond donors (Lipinski definition) is 2. The van der Waals surface area contributed by atoms with Gasteiger partial charge in [0.25, 0.3) is 11.5 Å². The number of aromatic nitrogens is 2. The number of carbonyl (C=O) groups is 2. The highest BCUT2D eigenvalue weighted by atomic mass is 16.2. The fraction of sp³-hybridized carbons (Fsp3) is 0.455. The third-order valence-electron chi connectivity index (χ3n) is 5.73. The third-order valence-corrected chi connectivity index (χ3v) is 5.73. The molecule has 8 heteroatoms. The Kier molecular flexibility index (Phi) is 5.57. The van der Waals surface area contributed by atoms with Crippen molar-refractivity contribution in [3.63, 3.8) is 0 Å². The number of unbranched alkanes of at least 4 members (excludes halogenated alkanes) is 1. The third kappa shape index (κ3) is 3.69. The molecule has 1 unspecified atom stereocenters. The van der Waals surface area contributed by atoms with E-state index >= 15 is 0 Å². The van der Waals surface area contributed by atoms with Crippen molar-refractivity contribution in [2.24, 2.45) is 0 Å². The zero-order valence-corrected chi connectivity index (χ0v) is 17.4. The highest BCUT2D eigenvalue weighted by Gasteiger charge is 2.41. The van der Waals surface area contributed by atoms with Crippen LogP contribution in [0.25, 0.3) is 0 Å². The Hall–Kier alpha value is -3.16. The van der Waals surface area contributed by atoms with Crippen LogP contribution in [-0.2, 0) is 0 Å². The summed E-state index contributed by atoms with van der Waals surface area (Å²) in [6, 6.07) is 7.00. The first kappa shape index (κ1) is 20.1. The maximum absolute atomic E-state index is 13.1. The molecule has 2 aromatic rings. The molecule has 30 heavy (non-hydrogen) atoms. The van der Waals surface area contributed by atoms with Crippen LogP contribution in [0.1, 0.15) is 66.8 Å². The number of amides is 3. The van der Waals surface area contributed by atoms with Crippen LogP contribution < -0.4 is 15.8 Å². The maximum atomic E-state index is 13.1. The molecule has 3 heterocycles. The molecule has 0 saturated carbocycles. The molecule has 2 aliphatic rings. The zero-order chi connectivity index (χ0) is 21.3. The molecule has 158 valence electrons. The zero-order valence-electron chi connectivity index (χ0n) is 17.4. The van der Waals surface area contributed by atoms with Crippen molar-refractivity contribution in [2.45, 2.75) is 52.0 Å². The van der Waals surface area contributed by atoms with Gasteiger partial charge >= 0.3 is 6.03 Å². The largest absolute Gasteiger partial charge is 0.326 e. The number of nitrogens with zero attached hydrogens (tertiary/aromatic N) is 3. The number of piperidine rings is 1. The number of anilines is 2. The molecule has 1 atom stereocenters. The van der Waals surface area contributed by atoms with E-state index in [1.807, 2.05) is 32.0 Å². The second kappa shape index (κ2) is 8.30. The van der Waals surface area contributed by atoms with Gasteiger partial charge in [-0.15, -0.1) is 0 Å². The minimum absolute atomic E-state index is 0.0844. The number of H-pyrrole nitrogens is 1. The van der Waals surface area contributed by atoms with Crippen LogP contribution >= 0.6 is 0 Å². The van der Waals surface area contributed by atoms with Crippen molar-refractivity contribution in [2.75, 3.05) is 23.3 Å². The lowest BCUT2D eigenvalue weighted by Gasteiger charge is -2.43. The molecule has 8 nitrogen and oxygen atoms in total. The second-order valence-electron chi connectivity index (χ2n) is 7.97. The molecular weight excluding hydrogens is 382 g/mol. The fourth-order valence-corrected chi connectivity index (χ4v) is 4.22. The Morgan fingerprint density at radius 2 is 2.13 bits per heavy atom. The SMILES string of the molecule is CCCCN1C(=O)N2CCCCC2c2c1nc(C(=O)Nc1cccc(C)c1)[nH]c2=O. The van der Waals surface area contributed by atoms with Crippen LogP contribution in [0.2, 0.25) is 0 Å². The van der Waals surface area contributed by atoms with E-state index in [2.05, 4.69) is 15.3 Å². The number of carbonyl (C=O) groups excluding carboxylic acids is 2. The lowest BCUT2D eigenvalue weighted by atomic mass is 9.94. The molecule has 4 rings (SSSR count). The summed E-state index contributed by atoms with van der Waals surface area (Å²) in [5.41, 5.74) is 1.78. The first-order valence-corrected chi connectivity index (χ1v) is 10.6. The van der Waals surface area contributed by atoms with Gasteiger partial charge in [0.05, 0.1) is 11.6 Å². The molecule has 1 saturated heterocycles. The number of hydrogen-bond acceptors (Lipinski definition) is 4. The van der Waals surface area contributed by atoms with Crippen molar-refractivity contribution in [3.05, 3.63) is 51.6 Å². The topological polar surface area (TPSA) is 98.4 Å². The lowest BCUT2D eigenvalue weighted by Crippen LogP contribution is -2.53. The van der Waals surface area contributed by atoms with Crippen LogP contribution in [0.15, 0.2) is 29.1 Å². The Morgan fingerprint density at radius 3 is 2.90 bits per heavy atom. The van der Waals surface area contributed by atoms with Crippen molar-refractivity contribution in [3.8, 4) is 0 Å². The summed E-state index contributed by atoms with van der Waals surface area (Å²) in [7, 11) is 0. The number of aryl methyl sites for hydroxylation is 1. The summed E-state index contributed by atoms with van der Waals surface area (Å²) in [5.74, 6) is -0.261. The molecule has 0 bridgehead atoms. The number of benzene rings is 1. The molecule has 3 amide bonds. The van der Waals surface area contributed by atoms with Gasteiger partial charge in [0, 0.05) is 18.8 Å². The summed E-state index contributed by atoms with van der Waals surface area (Å²) >= 11 is 0. The minimum Gasteiger partial charge on any atom is -0.319 e. The van der Waals surface area contributed by atoms with E-state index < -0.39 is 5.91 Å². The molecule has 1 fully saturated rings. The van der Waals surface area contributed by atoms with E-state index in [0.29, 0.717) is 30.2 Å². The van der Waals surface area contributed by atoms with Gasteiger partial charge in [0.2, 0.25) is 5.82 Å². The number of nitrogens with one attached hydrogen (secondary N) is 2. The van der Waals surface area contributed by atoms with Gasteiger partial charge in [0.1, 0.15) is 5.82 Å². The summed E-state index contributed by atoms with van der Waals surface area (Å²) in [6.07, 6.45) is 4.33. The molecule has 2 N–H and O–H groups in total. The average Bonchev–Trinajstić information content (AvgIpc) is 2.73. The number of aromatic amines is 1. The normalized spacial score (nSPS) is 18.1. The smallest absolute Gasteiger partial charge is 0.319 e. The van der Waals surface area contributed by atoms with Gasteiger partial charge in [-0.2, -0.15) is 0 Å².